The summed E-state index contributed by atoms with van der Waals surface area (Å²) in [5.41, 5.74) is 0.961. The van der Waals surface area contributed by atoms with E-state index in [-0.39, 0.29) is 23.1 Å². The number of rotatable bonds is 7. The minimum absolute atomic E-state index is 0.0544. The van der Waals surface area contributed by atoms with Gasteiger partial charge in [0, 0.05) is 5.92 Å². The highest BCUT2D eigenvalue weighted by Gasteiger charge is 2.63. The molecule has 2 heterocycles. The van der Waals surface area contributed by atoms with Gasteiger partial charge in [0.25, 0.3) is 0 Å². The van der Waals surface area contributed by atoms with Gasteiger partial charge in [-0.2, -0.15) is 17.6 Å². The van der Waals surface area contributed by atoms with E-state index in [1.165, 1.54) is 12.3 Å². The predicted octanol–water partition coefficient (Wildman–Crippen LogP) is 4.80. The molecule has 1 atom stereocenters. The van der Waals surface area contributed by atoms with Gasteiger partial charge in [0.05, 0.1) is 30.7 Å². The van der Waals surface area contributed by atoms with Crippen molar-refractivity contribution in [2.24, 2.45) is 0 Å². The molecule has 1 fully saturated rings. The minimum atomic E-state index is -4.11. The van der Waals surface area contributed by atoms with E-state index in [2.05, 4.69) is 9.97 Å². The second kappa shape index (κ2) is 7.72. The first-order valence-electron chi connectivity index (χ1n) is 8.76. The molecule has 0 aromatic carbocycles. The van der Waals surface area contributed by atoms with Crippen molar-refractivity contribution < 1.29 is 17.6 Å². The molecular weight excluding hydrogens is 348 g/mol. The molecule has 1 unspecified atom stereocenters. The molecule has 1 aliphatic rings. The largest absolute Gasteiger partial charge is 0.343 e. The summed E-state index contributed by atoms with van der Waals surface area (Å²) in [5, 5.41) is 8.19. The molecule has 26 heavy (non-hydrogen) atoms. The first-order chi connectivity index (χ1) is 12.2. The van der Waals surface area contributed by atoms with Gasteiger partial charge in [-0.15, -0.1) is 0 Å². The first kappa shape index (κ1) is 20.3. The number of hydrogen-bond donors (Lipinski definition) is 1. The minimum Gasteiger partial charge on any atom is -0.343 e. The summed E-state index contributed by atoms with van der Waals surface area (Å²) < 4.78 is 54.0. The van der Waals surface area contributed by atoms with E-state index in [0.717, 1.165) is 24.2 Å². The van der Waals surface area contributed by atoms with Crippen LogP contribution in [0.1, 0.15) is 57.3 Å². The summed E-state index contributed by atoms with van der Waals surface area (Å²) in [5.74, 6) is -8.21. The molecular formula is C18H24F4N4. The highest BCUT2D eigenvalue weighted by Crippen LogP contribution is 2.42. The Morgan fingerprint density at radius 3 is 2.38 bits per heavy atom. The molecule has 1 aromatic rings. The number of allylic oxidation sites excluding steroid dienone is 2. The van der Waals surface area contributed by atoms with Crippen molar-refractivity contribution >= 4 is 11.5 Å². The van der Waals surface area contributed by atoms with Crippen LogP contribution in [-0.2, 0) is 0 Å². The van der Waals surface area contributed by atoms with E-state index in [1.54, 1.807) is 13.0 Å². The van der Waals surface area contributed by atoms with E-state index < -0.39 is 24.9 Å². The van der Waals surface area contributed by atoms with E-state index in [9.17, 15) is 17.6 Å². The normalized spacial score (nSPS) is 19.9. The molecule has 1 saturated heterocycles. The van der Waals surface area contributed by atoms with Crippen molar-refractivity contribution in [3.63, 3.8) is 0 Å². The van der Waals surface area contributed by atoms with Crippen molar-refractivity contribution in [3.8, 4) is 0 Å². The fourth-order valence-electron chi connectivity index (χ4n) is 3.10. The Labute approximate surface area is 150 Å². The molecule has 1 N–H and O–H groups in total. The van der Waals surface area contributed by atoms with Crippen LogP contribution < -0.4 is 4.90 Å². The average Bonchev–Trinajstić information content (AvgIpc) is 2.80. The lowest BCUT2D eigenvalue weighted by molar-refractivity contribution is -0.172. The third-order valence-electron chi connectivity index (χ3n) is 4.53. The van der Waals surface area contributed by atoms with Crippen LogP contribution in [-0.4, -0.2) is 40.6 Å². The molecule has 0 aliphatic carbocycles. The lowest BCUT2D eigenvalue weighted by atomic mass is 9.93. The molecule has 1 aromatic heterocycles. The SMILES string of the molecule is C/C=C\C(=N)c1nc(N2CC(F)(F)C(F)(F)C2)cnc1C(CC)CCC. The maximum Gasteiger partial charge on any atom is 0.329 e. The van der Waals surface area contributed by atoms with Crippen molar-refractivity contribution in [3.05, 3.63) is 29.7 Å². The molecule has 2 rings (SSSR count). The third kappa shape index (κ3) is 3.88. The van der Waals surface area contributed by atoms with E-state index in [4.69, 9.17) is 5.41 Å². The van der Waals surface area contributed by atoms with Gasteiger partial charge >= 0.3 is 11.8 Å². The smallest absolute Gasteiger partial charge is 0.329 e. The van der Waals surface area contributed by atoms with Crippen LogP contribution in [0, 0.1) is 5.41 Å². The van der Waals surface area contributed by atoms with Crippen LogP contribution in [0.2, 0.25) is 0 Å². The molecule has 4 nitrogen and oxygen atoms in total. The van der Waals surface area contributed by atoms with Crippen molar-refractivity contribution in [2.45, 2.75) is 57.8 Å². The Morgan fingerprint density at radius 1 is 1.27 bits per heavy atom. The molecule has 0 radical (unpaired) electrons. The predicted molar refractivity (Wildman–Crippen MR) is 93.7 cm³/mol. The third-order valence-corrected chi connectivity index (χ3v) is 4.53. The second-order valence-electron chi connectivity index (χ2n) is 6.53. The summed E-state index contributed by atoms with van der Waals surface area (Å²) in [6.07, 6.45) is 7.02. The van der Waals surface area contributed by atoms with Gasteiger partial charge in [-0.25, -0.2) is 4.98 Å². The van der Waals surface area contributed by atoms with Crippen LogP contribution in [0.3, 0.4) is 0 Å². The molecule has 8 heteroatoms. The number of halogens is 4. The van der Waals surface area contributed by atoms with Gasteiger partial charge in [-0.05, 0) is 25.8 Å². The van der Waals surface area contributed by atoms with E-state index in [0.29, 0.717) is 5.69 Å². The number of alkyl halides is 4. The number of nitrogens with zero attached hydrogens (tertiary/aromatic N) is 3. The Hall–Kier alpha value is -1.99. The van der Waals surface area contributed by atoms with E-state index in [1.807, 2.05) is 13.8 Å². The highest BCUT2D eigenvalue weighted by molar-refractivity contribution is 6.06. The van der Waals surface area contributed by atoms with Crippen LogP contribution in [0.4, 0.5) is 23.4 Å². The zero-order valence-electron chi connectivity index (χ0n) is 15.2. The van der Waals surface area contributed by atoms with Crippen LogP contribution in [0.25, 0.3) is 0 Å². The number of anilines is 1. The van der Waals surface area contributed by atoms with Crippen molar-refractivity contribution in [2.75, 3.05) is 18.0 Å². The number of hydrogen-bond acceptors (Lipinski definition) is 4. The quantitative estimate of drug-likeness (QED) is 0.552. The van der Waals surface area contributed by atoms with Crippen LogP contribution in [0.5, 0.6) is 0 Å². The summed E-state index contributed by atoms with van der Waals surface area (Å²) in [7, 11) is 0. The molecule has 144 valence electrons. The van der Waals surface area contributed by atoms with Gasteiger partial charge < -0.3 is 4.90 Å². The topological polar surface area (TPSA) is 52.9 Å². The van der Waals surface area contributed by atoms with Crippen LogP contribution in [0.15, 0.2) is 18.3 Å². The van der Waals surface area contributed by atoms with Crippen molar-refractivity contribution in [1.82, 2.24) is 9.97 Å². The summed E-state index contributed by atoms with van der Waals surface area (Å²) in [6.45, 7) is 3.56. The summed E-state index contributed by atoms with van der Waals surface area (Å²) in [4.78, 5) is 9.46. The molecule has 0 saturated carbocycles. The monoisotopic (exact) mass is 372 g/mol. The van der Waals surface area contributed by atoms with Crippen molar-refractivity contribution in [1.29, 1.82) is 5.41 Å². The van der Waals surface area contributed by atoms with Gasteiger partial charge in [0.2, 0.25) is 0 Å². The second-order valence-corrected chi connectivity index (χ2v) is 6.53. The molecule has 0 spiro atoms. The zero-order valence-corrected chi connectivity index (χ0v) is 15.2. The lowest BCUT2D eigenvalue weighted by Gasteiger charge is -2.21. The summed E-state index contributed by atoms with van der Waals surface area (Å²) in [6, 6.07) is 0. The summed E-state index contributed by atoms with van der Waals surface area (Å²) >= 11 is 0. The first-order valence-corrected chi connectivity index (χ1v) is 8.76. The van der Waals surface area contributed by atoms with Gasteiger partial charge in [0.1, 0.15) is 11.5 Å². The highest BCUT2D eigenvalue weighted by atomic mass is 19.3. The Balaban J connectivity index is 2.45. The molecule has 0 bridgehead atoms. The van der Waals surface area contributed by atoms with E-state index >= 15 is 0 Å². The zero-order chi connectivity index (χ0) is 19.5. The molecule has 0 amide bonds. The fraction of sp³-hybridized carbons (Fsp3) is 0.611. The fourth-order valence-corrected chi connectivity index (χ4v) is 3.10. The van der Waals surface area contributed by atoms with Gasteiger partial charge in [-0.1, -0.05) is 26.3 Å². The van der Waals surface area contributed by atoms with Gasteiger partial charge in [-0.3, -0.25) is 10.4 Å². The average molecular weight is 372 g/mol. The lowest BCUT2D eigenvalue weighted by Crippen LogP contribution is -2.38. The maximum atomic E-state index is 13.5. The Morgan fingerprint density at radius 2 is 1.88 bits per heavy atom. The van der Waals surface area contributed by atoms with Gasteiger partial charge in [0.15, 0.2) is 0 Å². The maximum absolute atomic E-state index is 13.5. The van der Waals surface area contributed by atoms with Crippen LogP contribution >= 0.6 is 0 Å². The number of nitrogens with one attached hydrogen (secondary N) is 1. The standard InChI is InChI=1S/C18H24F4N4/c1-4-7-12(6-3)15-16(13(23)8-5-2)25-14(9-24-15)26-10-17(19,20)18(21,22)11-26/h5,8-9,12,23H,4,6-7,10-11H2,1-3H3/b8-5-,23-13?. The Kier molecular flexibility index (Phi) is 6.03. The number of aromatic nitrogens is 2. The molecule has 1 aliphatic heterocycles. The Bertz CT molecular complexity index is 672.